The molecule has 108 valence electrons. The van der Waals surface area contributed by atoms with Crippen LogP contribution in [0.3, 0.4) is 0 Å². The number of aryl methyl sites for hydroxylation is 1. The fourth-order valence-electron chi connectivity index (χ4n) is 1.96. The molecule has 0 saturated heterocycles. The quantitative estimate of drug-likeness (QED) is 0.606. The Labute approximate surface area is 115 Å². The largest absolute Gasteiger partial charge is 0.462 e. The Kier molecular flexibility index (Phi) is 6.02. The molecule has 0 fully saturated rings. The van der Waals surface area contributed by atoms with Gasteiger partial charge >= 0.3 is 5.97 Å². The summed E-state index contributed by atoms with van der Waals surface area (Å²) in [5, 5.41) is 7.77. The molecule has 1 heterocycles. The normalized spacial score (nSPS) is 11.1. The lowest BCUT2D eigenvalue weighted by molar-refractivity contribution is -0.148. The van der Waals surface area contributed by atoms with E-state index >= 15 is 0 Å². The predicted molar refractivity (Wildman–Crippen MR) is 74.9 cm³/mol. The summed E-state index contributed by atoms with van der Waals surface area (Å²) in [6.07, 6.45) is 1.02. The SMILES string of the molecule is CCCNCc1c(C)nn(CC(=O)OC(C)C)c1C. The maximum Gasteiger partial charge on any atom is 0.328 e. The number of carbonyl (C=O) groups excluding carboxylic acids is 1. The fraction of sp³-hybridized carbons (Fsp3) is 0.714. The van der Waals surface area contributed by atoms with Gasteiger partial charge in [-0.25, -0.2) is 0 Å². The van der Waals surface area contributed by atoms with Gasteiger partial charge in [-0.2, -0.15) is 5.10 Å². The van der Waals surface area contributed by atoms with E-state index in [0.29, 0.717) is 0 Å². The predicted octanol–water partition coefficient (Wildman–Crippen LogP) is 1.95. The zero-order valence-corrected chi connectivity index (χ0v) is 12.6. The van der Waals surface area contributed by atoms with Gasteiger partial charge in [0.05, 0.1) is 11.8 Å². The summed E-state index contributed by atoms with van der Waals surface area (Å²) in [6.45, 7) is 11.8. The van der Waals surface area contributed by atoms with E-state index in [-0.39, 0.29) is 18.6 Å². The molecule has 0 saturated carbocycles. The van der Waals surface area contributed by atoms with Crippen LogP contribution in [0.5, 0.6) is 0 Å². The first kappa shape index (κ1) is 15.7. The van der Waals surface area contributed by atoms with Crippen molar-refractivity contribution in [3.05, 3.63) is 17.0 Å². The Morgan fingerprint density at radius 1 is 1.42 bits per heavy atom. The summed E-state index contributed by atoms with van der Waals surface area (Å²) in [5.74, 6) is -0.242. The van der Waals surface area contributed by atoms with Crippen LogP contribution in [0.25, 0.3) is 0 Å². The van der Waals surface area contributed by atoms with Crippen LogP contribution in [0, 0.1) is 13.8 Å². The first-order chi connectivity index (χ1) is 8.95. The van der Waals surface area contributed by atoms with Crippen molar-refractivity contribution in [1.29, 1.82) is 0 Å². The number of hydrogen-bond donors (Lipinski definition) is 1. The first-order valence-corrected chi connectivity index (χ1v) is 6.88. The van der Waals surface area contributed by atoms with Gasteiger partial charge in [-0.05, 0) is 40.7 Å². The molecule has 0 aliphatic heterocycles. The van der Waals surface area contributed by atoms with Gasteiger partial charge in [-0.1, -0.05) is 6.92 Å². The highest BCUT2D eigenvalue weighted by atomic mass is 16.5. The lowest BCUT2D eigenvalue weighted by Crippen LogP contribution is -2.19. The Balaban J connectivity index is 2.70. The minimum absolute atomic E-state index is 0.0878. The molecular formula is C14H25N3O2. The maximum absolute atomic E-state index is 11.7. The molecule has 0 radical (unpaired) electrons. The molecule has 1 aromatic rings. The molecule has 0 aromatic carbocycles. The fourth-order valence-corrected chi connectivity index (χ4v) is 1.96. The van der Waals surface area contributed by atoms with Crippen molar-refractivity contribution in [3.63, 3.8) is 0 Å². The standard InChI is InChI=1S/C14H25N3O2/c1-6-7-15-8-13-11(4)16-17(12(13)5)9-14(18)19-10(2)3/h10,15H,6-9H2,1-5H3. The molecule has 0 spiro atoms. The molecule has 5 nitrogen and oxygen atoms in total. The van der Waals surface area contributed by atoms with Gasteiger partial charge in [0.2, 0.25) is 0 Å². The molecule has 0 amide bonds. The van der Waals surface area contributed by atoms with E-state index in [9.17, 15) is 4.79 Å². The van der Waals surface area contributed by atoms with Crippen molar-refractivity contribution in [2.45, 2.75) is 60.2 Å². The van der Waals surface area contributed by atoms with Gasteiger partial charge in [-0.3, -0.25) is 9.48 Å². The van der Waals surface area contributed by atoms with Crippen LogP contribution in [-0.4, -0.2) is 28.4 Å². The molecular weight excluding hydrogens is 242 g/mol. The summed E-state index contributed by atoms with van der Waals surface area (Å²) < 4.78 is 6.87. The topological polar surface area (TPSA) is 56.2 Å². The number of rotatable bonds is 7. The Morgan fingerprint density at radius 2 is 2.11 bits per heavy atom. The molecule has 0 atom stereocenters. The summed E-state index contributed by atoms with van der Waals surface area (Å²) in [7, 11) is 0. The monoisotopic (exact) mass is 267 g/mol. The van der Waals surface area contributed by atoms with Crippen LogP contribution in [0.2, 0.25) is 0 Å². The lowest BCUT2D eigenvalue weighted by Gasteiger charge is -2.09. The minimum atomic E-state index is -0.242. The van der Waals surface area contributed by atoms with Gasteiger partial charge in [0, 0.05) is 17.8 Å². The third-order valence-electron chi connectivity index (χ3n) is 2.91. The van der Waals surface area contributed by atoms with Gasteiger partial charge in [0.25, 0.3) is 0 Å². The van der Waals surface area contributed by atoms with E-state index in [1.54, 1.807) is 4.68 Å². The van der Waals surface area contributed by atoms with E-state index in [4.69, 9.17) is 4.74 Å². The number of esters is 1. The van der Waals surface area contributed by atoms with Crippen LogP contribution in [0.15, 0.2) is 0 Å². The molecule has 5 heteroatoms. The van der Waals surface area contributed by atoms with Crippen molar-refractivity contribution in [2.75, 3.05) is 6.54 Å². The van der Waals surface area contributed by atoms with Crippen molar-refractivity contribution in [1.82, 2.24) is 15.1 Å². The average molecular weight is 267 g/mol. The highest BCUT2D eigenvalue weighted by molar-refractivity contribution is 5.69. The summed E-state index contributed by atoms with van der Waals surface area (Å²) in [6, 6.07) is 0. The average Bonchev–Trinajstić information content (AvgIpc) is 2.55. The van der Waals surface area contributed by atoms with Crippen LogP contribution < -0.4 is 5.32 Å². The Hall–Kier alpha value is -1.36. The Bertz CT molecular complexity index is 425. The van der Waals surface area contributed by atoms with E-state index < -0.39 is 0 Å². The number of nitrogens with zero attached hydrogens (tertiary/aromatic N) is 2. The van der Waals surface area contributed by atoms with Gasteiger partial charge < -0.3 is 10.1 Å². The van der Waals surface area contributed by atoms with Crippen LogP contribution in [0.1, 0.15) is 44.1 Å². The molecule has 19 heavy (non-hydrogen) atoms. The van der Waals surface area contributed by atoms with E-state index in [1.807, 2.05) is 27.7 Å². The number of carbonyl (C=O) groups is 1. The smallest absolute Gasteiger partial charge is 0.328 e. The summed E-state index contributed by atoms with van der Waals surface area (Å²) in [5.41, 5.74) is 3.17. The zero-order valence-electron chi connectivity index (χ0n) is 12.6. The molecule has 0 bridgehead atoms. The van der Waals surface area contributed by atoms with Gasteiger partial charge in [0.1, 0.15) is 6.54 Å². The second-order valence-corrected chi connectivity index (χ2v) is 5.02. The van der Waals surface area contributed by atoms with Gasteiger partial charge in [0.15, 0.2) is 0 Å². The third-order valence-corrected chi connectivity index (χ3v) is 2.91. The molecule has 0 aliphatic carbocycles. The van der Waals surface area contributed by atoms with Crippen molar-refractivity contribution < 1.29 is 9.53 Å². The number of nitrogens with one attached hydrogen (secondary N) is 1. The molecule has 1 rings (SSSR count). The second kappa shape index (κ2) is 7.28. The van der Waals surface area contributed by atoms with Crippen molar-refractivity contribution >= 4 is 5.97 Å². The Morgan fingerprint density at radius 3 is 2.68 bits per heavy atom. The third kappa shape index (κ3) is 4.67. The lowest BCUT2D eigenvalue weighted by atomic mass is 10.2. The zero-order chi connectivity index (χ0) is 14.4. The number of aromatic nitrogens is 2. The van der Waals surface area contributed by atoms with E-state index in [1.165, 1.54) is 5.56 Å². The van der Waals surface area contributed by atoms with Crippen LogP contribution >= 0.6 is 0 Å². The molecule has 0 unspecified atom stereocenters. The maximum atomic E-state index is 11.7. The van der Waals surface area contributed by atoms with Crippen molar-refractivity contribution in [3.8, 4) is 0 Å². The minimum Gasteiger partial charge on any atom is -0.462 e. The first-order valence-electron chi connectivity index (χ1n) is 6.88. The molecule has 1 N–H and O–H groups in total. The van der Waals surface area contributed by atoms with Gasteiger partial charge in [-0.15, -0.1) is 0 Å². The highest BCUT2D eigenvalue weighted by Crippen LogP contribution is 2.13. The highest BCUT2D eigenvalue weighted by Gasteiger charge is 2.14. The van der Waals surface area contributed by atoms with Crippen molar-refractivity contribution in [2.24, 2.45) is 0 Å². The second-order valence-electron chi connectivity index (χ2n) is 5.02. The number of ether oxygens (including phenoxy) is 1. The summed E-state index contributed by atoms with van der Waals surface area (Å²) in [4.78, 5) is 11.7. The summed E-state index contributed by atoms with van der Waals surface area (Å²) >= 11 is 0. The van der Waals surface area contributed by atoms with E-state index in [0.717, 1.165) is 30.9 Å². The number of hydrogen-bond acceptors (Lipinski definition) is 4. The molecule has 0 aliphatic rings. The van der Waals surface area contributed by atoms with E-state index in [2.05, 4.69) is 17.3 Å². The van der Waals surface area contributed by atoms with Crippen LogP contribution in [-0.2, 0) is 22.6 Å². The van der Waals surface area contributed by atoms with Crippen LogP contribution in [0.4, 0.5) is 0 Å². The molecule has 1 aromatic heterocycles.